The van der Waals surface area contributed by atoms with Crippen molar-refractivity contribution in [3.63, 3.8) is 0 Å². The fraction of sp³-hybridized carbons (Fsp3) is 0.300. The van der Waals surface area contributed by atoms with E-state index in [4.69, 9.17) is 0 Å². The third-order valence-electron chi connectivity index (χ3n) is 7.76. The van der Waals surface area contributed by atoms with Gasteiger partial charge in [0.1, 0.15) is 10.3 Å². The molecule has 1 aliphatic rings. The highest BCUT2D eigenvalue weighted by molar-refractivity contribution is 7.91. The van der Waals surface area contributed by atoms with Gasteiger partial charge in [0.2, 0.25) is 5.91 Å². The number of thiophene rings is 1. The summed E-state index contributed by atoms with van der Waals surface area (Å²) in [5, 5.41) is 9.62. The number of benzene rings is 2. The zero-order valence-electron chi connectivity index (χ0n) is 23.7. The number of rotatable bonds is 9. The molecule has 0 bridgehead atoms. The smallest absolute Gasteiger partial charge is 0.317 e. The monoisotopic (exact) mass is 619 g/mol. The number of imidazole rings is 1. The Bertz CT molecular complexity index is 1850. The van der Waals surface area contributed by atoms with Crippen LogP contribution in [-0.2, 0) is 27.9 Å². The maximum Gasteiger partial charge on any atom is 0.317 e. The van der Waals surface area contributed by atoms with Crippen molar-refractivity contribution >= 4 is 60.8 Å². The Morgan fingerprint density at radius 2 is 1.88 bits per heavy atom. The van der Waals surface area contributed by atoms with E-state index in [-0.39, 0.29) is 29.9 Å². The Labute approximate surface area is 253 Å². The molecule has 0 spiro atoms. The second-order valence-electron chi connectivity index (χ2n) is 10.4. The molecule has 1 saturated heterocycles. The zero-order chi connectivity index (χ0) is 30.0. The van der Waals surface area contributed by atoms with Crippen LogP contribution in [0.2, 0.25) is 0 Å². The number of aryl methyl sites for hydroxylation is 2. The molecule has 1 atom stereocenters. The van der Waals surface area contributed by atoms with Crippen LogP contribution < -0.4 is 10.6 Å². The third-order valence-corrected chi connectivity index (χ3v) is 11.0. The number of para-hydroxylation sites is 1. The largest absolute Gasteiger partial charge is 0.341 e. The molecule has 224 valence electrons. The lowest BCUT2D eigenvalue weighted by Crippen LogP contribution is -2.61. The molecule has 0 radical (unpaired) electrons. The number of urea groups is 1. The van der Waals surface area contributed by atoms with Gasteiger partial charge in [-0.15, -0.1) is 11.3 Å². The number of hydrogen-bond acceptors (Lipinski definition) is 6. The van der Waals surface area contributed by atoms with Gasteiger partial charge in [0.05, 0.1) is 6.33 Å². The summed E-state index contributed by atoms with van der Waals surface area (Å²) in [4.78, 5) is 32.4. The van der Waals surface area contributed by atoms with Gasteiger partial charge < -0.3 is 24.7 Å². The van der Waals surface area contributed by atoms with E-state index in [1.165, 1.54) is 15.3 Å². The lowest BCUT2D eigenvalue weighted by Gasteiger charge is -2.39. The van der Waals surface area contributed by atoms with E-state index in [1.807, 2.05) is 41.1 Å². The normalized spacial score (nSPS) is 16.1. The summed E-state index contributed by atoms with van der Waals surface area (Å²) in [5.74, 6) is -0.490. The number of piperazine rings is 1. The van der Waals surface area contributed by atoms with Crippen molar-refractivity contribution < 1.29 is 18.0 Å². The Balaban J connectivity index is 1.22. The van der Waals surface area contributed by atoms with E-state index in [2.05, 4.69) is 39.2 Å². The summed E-state index contributed by atoms with van der Waals surface area (Å²) < 4.78 is 32.7. The summed E-state index contributed by atoms with van der Waals surface area (Å²) in [6.07, 6.45) is 5.99. The van der Waals surface area contributed by atoms with Crippen LogP contribution in [0.4, 0.5) is 10.5 Å². The summed E-state index contributed by atoms with van der Waals surface area (Å²) in [6.45, 7) is 4.14. The summed E-state index contributed by atoms with van der Waals surface area (Å²) in [6, 6.07) is 15.6. The minimum absolute atomic E-state index is 0.00377. The fourth-order valence-corrected chi connectivity index (χ4v) is 8.35. The van der Waals surface area contributed by atoms with Gasteiger partial charge >= 0.3 is 6.03 Å². The Morgan fingerprint density at radius 1 is 1.05 bits per heavy atom. The summed E-state index contributed by atoms with van der Waals surface area (Å²) in [7, 11) is -3.94. The molecular formula is C30H33N7O4S2. The minimum atomic E-state index is -3.94. The van der Waals surface area contributed by atoms with Crippen LogP contribution in [0.3, 0.4) is 0 Å². The van der Waals surface area contributed by atoms with E-state index >= 15 is 0 Å². The molecule has 3 amide bonds. The SMILES string of the molecule is CCn1c2ccccc2c2cc(NC(=O)C3CN(C(=O)NCCCn4ccnc4)CCN3S(=O)(=O)c3cccs3)ccc21. The van der Waals surface area contributed by atoms with Crippen molar-refractivity contribution in [1.82, 2.24) is 28.6 Å². The van der Waals surface area contributed by atoms with Gasteiger partial charge in [-0.2, -0.15) is 4.31 Å². The molecule has 1 unspecified atom stereocenters. The highest BCUT2D eigenvalue weighted by Gasteiger charge is 2.41. The van der Waals surface area contributed by atoms with Crippen molar-refractivity contribution in [2.45, 2.75) is 36.7 Å². The Kier molecular flexibility index (Phi) is 8.19. The number of nitrogens with zero attached hydrogens (tertiary/aromatic N) is 5. The highest BCUT2D eigenvalue weighted by atomic mass is 32.2. The van der Waals surface area contributed by atoms with Crippen LogP contribution in [0, 0.1) is 0 Å². The first-order valence-electron chi connectivity index (χ1n) is 14.2. The van der Waals surface area contributed by atoms with E-state index in [1.54, 1.807) is 24.0 Å². The van der Waals surface area contributed by atoms with Crippen LogP contribution in [0.5, 0.6) is 0 Å². The molecular weight excluding hydrogens is 587 g/mol. The predicted octanol–water partition coefficient (Wildman–Crippen LogP) is 4.19. The predicted molar refractivity (Wildman–Crippen MR) is 168 cm³/mol. The maximum absolute atomic E-state index is 13.8. The molecule has 0 aliphatic carbocycles. The molecule has 5 aromatic rings. The van der Waals surface area contributed by atoms with Gasteiger partial charge in [0.15, 0.2) is 0 Å². The van der Waals surface area contributed by atoms with Gasteiger partial charge in [0.25, 0.3) is 10.0 Å². The van der Waals surface area contributed by atoms with Gasteiger partial charge in [0, 0.05) is 79.2 Å². The number of fused-ring (bicyclic) bond motifs is 3. The Morgan fingerprint density at radius 3 is 2.65 bits per heavy atom. The average Bonchev–Trinajstić information content (AvgIpc) is 3.80. The second kappa shape index (κ2) is 12.2. The fourth-order valence-electron chi connectivity index (χ4n) is 5.66. The number of anilines is 1. The second-order valence-corrected chi connectivity index (χ2v) is 13.4. The van der Waals surface area contributed by atoms with Crippen LogP contribution in [0.25, 0.3) is 21.8 Å². The van der Waals surface area contributed by atoms with Crippen molar-refractivity contribution in [3.05, 3.63) is 78.7 Å². The minimum Gasteiger partial charge on any atom is -0.341 e. The highest BCUT2D eigenvalue weighted by Crippen LogP contribution is 2.32. The zero-order valence-corrected chi connectivity index (χ0v) is 25.4. The number of nitrogens with one attached hydrogen (secondary N) is 2. The van der Waals surface area contributed by atoms with Crippen LogP contribution in [-0.4, -0.2) is 75.9 Å². The van der Waals surface area contributed by atoms with Crippen LogP contribution in [0.1, 0.15) is 13.3 Å². The van der Waals surface area contributed by atoms with Crippen molar-refractivity contribution in [2.75, 3.05) is 31.5 Å². The molecule has 0 saturated carbocycles. The van der Waals surface area contributed by atoms with E-state index < -0.39 is 22.0 Å². The van der Waals surface area contributed by atoms with Crippen molar-refractivity contribution in [2.24, 2.45) is 0 Å². The van der Waals surface area contributed by atoms with Crippen molar-refractivity contribution in [3.8, 4) is 0 Å². The number of sulfonamides is 1. The lowest BCUT2D eigenvalue weighted by atomic mass is 10.1. The number of aromatic nitrogens is 3. The van der Waals surface area contributed by atoms with E-state index in [0.717, 1.165) is 39.7 Å². The number of carbonyl (C=O) groups is 2. The quantitative estimate of drug-likeness (QED) is 0.240. The molecule has 43 heavy (non-hydrogen) atoms. The van der Waals surface area contributed by atoms with Crippen LogP contribution in [0.15, 0.2) is 82.9 Å². The molecule has 11 nitrogen and oxygen atoms in total. The summed E-state index contributed by atoms with van der Waals surface area (Å²) >= 11 is 1.10. The van der Waals surface area contributed by atoms with Gasteiger partial charge in [-0.05, 0) is 49.1 Å². The molecule has 2 N–H and O–H groups in total. The molecule has 2 aromatic carbocycles. The van der Waals surface area contributed by atoms with Gasteiger partial charge in [-0.25, -0.2) is 18.2 Å². The maximum atomic E-state index is 13.8. The first kappa shape index (κ1) is 28.9. The van der Waals surface area contributed by atoms with E-state index in [9.17, 15) is 18.0 Å². The number of amides is 3. The average molecular weight is 620 g/mol. The molecule has 6 rings (SSSR count). The molecule has 13 heteroatoms. The van der Waals surface area contributed by atoms with Gasteiger partial charge in [-0.1, -0.05) is 24.3 Å². The lowest BCUT2D eigenvalue weighted by molar-refractivity contribution is -0.121. The standard InChI is InChI=1S/C30H33N7O4S2/c1-2-36-25-8-4-3-7-23(25)24-19-22(10-11-26(24)36)33-29(38)27-20-35(30(39)32-12-6-14-34-15-13-31-21-34)16-17-37(27)43(40,41)28-9-5-18-42-28/h3-5,7-11,13,15,18-19,21,27H,2,6,12,14,16-17,20H2,1H3,(H,32,39)(H,33,38). The number of carbonyl (C=O) groups excluding carboxylic acids is 2. The van der Waals surface area contributed by atoms with E-state index in [0.29, 0.717) is 25.2 Å². The Hall–Kier alpha value is -4.20. The first-order chi connectivity index (χ1) is 20.9. The molecule has 3 aromatic heterocycles. The summed E-state index contributed by atoms with van der Waals surface area (Å²) in [5.41, 5.74) is 2.72. The topological polar surface area (TPSA) is 122 Å². The van der Waals surface area contributed by atoms with Gasteiger partial charge in [-0.3, -0.25) is 4.79 Å². The molecule has 1 fully saturated rings. The molecule has 4 heterocycles. The third kappa shape index (κ3) is 5.75. The van der Waals surface area contributed by atoms with Crippen LogP contribution >= 0.6 is 11.3 Å². The molecule has 1 aliphatic heterocycles. The first-order valence-corrected chi connectivity index (χ1v) is 16.5. The van der Waals surface area contributed by atoms with Crippen molar-refractivity contribution in [1.29, 1.82) is 0 Å². The number of hydrogen-bond donors (Lipinski definition) is 2.